The molecule has 34 heavy (non-hydrogen) atoms. The number of fused-ring (bicyclic) bond motifs is 1. The zero-order valence-electron chi connectivity index (χ0n) is 20.1. The first-order valence-electron chi connectivity index (χ1n) is 12.6. The number of ether oxygens (including phenoxy) is 1. The van der Waals surface area contributed by atoms with Crippen molar-refractivity contribution in [3.05, 3.63) is 53.3 Å². The van der Waals surface area contributed by atoms with Crippen molar-refractivity contribution < 1.29 is 13.9 Å². The number of benzene rings is 2. The van der Waals surface area contributed by atoms with Crippen molar-refractivity contribution in [2.75, 3.05) is 56.1 Å². The average Bonchev–Trinajstić information content (AvgIpc) is 2.88. The molecule has 0 spiro atoms. The van der Waals surface area contributed by atoms with Crippen LogP contribution in [-0.2, 0) is 17.8 Å². The van der Waals surface area contributed by atoms with Gasteiger partial charge in [-0.05, 0) is 68.5 Å². The van der Waals surface area contributed by atoms with Crippen LogP contribution in [0.2, 0.25) is 0 Å². The van der Waals surface area contributed by atoms with Gasteiger partial charge in [-0.3, -0.25) is 4.79 Å². The SMILES string of the molecule is CN1CCN(c2cc(F)cc3c2OC(C(=O)NCc2ccc(N4CCCCC4)cc2)CC3)CC1. The van der Waals surface area contributed by atoms with Crippen LogP contribution < -0.4 is 19.9 Å². The van der Waals surface area contributed by atoms with Crippen LogP contribution >= 0.6 is 0 Å². The molecular weight excluding hydrogens is 431 g/mol. The van der Waals surface area contributed by atoms with E-state index in [1.165, 1.54) is 24.9 Å². The van der Waals surface area contributed by atoms with Gasteiger partial charge in [0.25, 0.3) is 5.91 Å². The van der Waals surface area contributed by atoms with Crippen molar-refractivity contribution >= 4 is 17.3 Å². The van der Waals surface area contributed by atoms with Crippen molar-refractivity contribution in [2.45, 2.75) is 44.8 Å². The number of hydrogen-bond acceptors (Lipinski definition) is 5. The second kappa shape index (κ2) is 10.2. The van der Waals surface area contributed by atoms with E-state index in [1.807, 2.05) is 0 Å². The van der Waals surface area contributed by atoms with Crippen LogP contribution in [0.1, 0.15) is 36.8 Å². The summed E-state index contributed by atoms with van der Waals surface area (Å²) in [5, 5.41) is 3.04. The maximum atomic E-state index is 14.3. The summed E-state index contributed by atoms with van der Waals surface area (Å²) in [7, 11) is 2.09. The number of piperazine rings is 1. The summed E-state index contributed by atoms with van der Waals surface area (Å²) in [6.07, 6.45) is 4.46. The van der Waals surface area contributed by atoms with Crippen LogP contribution in [-0.4, -0.2) is 63.2 Å². The summed E-state index contributed by atoms with van der Waals surface area (Å²) in [5.41, 5.74) is 3.95. The molecular formula is C27H35FN4O2. The molecule has 1 amide bonds. The third-order valence-corrected chi connectivity index (χ3v) is 7.31. The van der Waals surface area contributed by atoms with Gasteiger partial charge in [0.2, 0.25) is 0 Å². The van der Waals surface area contributed by atoms with Crippen LogP contribution in [0.4, 0.5) is 15.8 Å². The second-order valence-electron chi connectivity index (χ2n) is 9.78. The number of nitrogens with one attached hydrogen (secondary N) is 1. The number of anilines is 2. The molecule has 2 saturated heterocycles. The summed E-state index contributed by atoms with van der Waals surface area (Å²) < 4.78 is 20.5. The lowest BCUT2D eigenvalue weighted by molar-refractivity contribution is -0.128. The van der Waals surface area contributed by atoms with Gasteiger partial charge in [0, 0.05) is 57.6 Å². The largest absolute Gasteiger partial charge is 0.478 e. The molecule has 2 aromatic carbocycles. The number of carbonyl (C=O) groups excluding carboxylic acids is 1. The zero-order chi connectivity index (χ0) is 23.5. The minimum atomic E-state index is -0.559. The molecule has 1 unspecified atom stereocenters. The first-order chi connectivity index (χ1) is 16.6. The monoisotopic (exact) mass is 466 g/mol. The number of nitrogens with zero attached hydrogens (tertiary/aromatic N) is 3. The smallest absolute Gasteiger partial charge is 0.261 e. The van der Waals surface area contributed by atoms with E-state index in [-0.39, 0.29) is 11.7 Å². The van der Waals surface area contributed by atoms with Crippen LogP contribution in [0, 0.1) is 5.82 Å². The fourth-order valence-electron chi connectivity index (χ4n) is 5.19. The molecule has 6 nitrogen and oxygen atoms in total. The highest BCUT2D eigenvalue weighted by molar-refractivity contribution is 5.82. The fraction of sp³-hybridized carbons (Fsp3) is 0.519. The molecule has 1 N–H and O–H groups in total. The second-order valence-corrected chi connectivity index (χ2v) is 9.78. The van der Waals surface area contributed by atoms with E-state index in [0.717, 1.165) is 56.1 Å². The summed E-state index contributed by atoms with van der Waals surface area (Å²) in [4.78, 5) is 19.8. The normalized spacial score (nSPS) is 21.1. The molecule has 182 valence electrons. The maximum absolute atomic E-state index is 14.3. The Morgan fingerprint density at radius 1 is 1.00 bits per heavy atom. The van der Waals surface area contributed by atoms with Gasteiger partial charge in [0.15, 0.2) is 6.10 Å². The molecule has 3 heterocycles. The summed E-state index contributed by atoms with van der Waals surface area (Å²) >= 11 is 0. The van der Waals surface area contributed by atoms with Gasteiger partial charge in [-0.25, -0.2) is 4.39 Å². The highest BCUT2D eigenvalue weighted by atomic mass is 19.1. The predicted molar refractivity (Wildman–Crippen MR) is 133 cm³/mol. The molecule has 0 radical (unpaired) electrons. The van der Waals surface area contributed by atoms with Crippen molar-refractivity contribution in [1.29, 1.82) is 0 Å². The molecule has 7 heteroatoms. The van der Waals surface area contributed by atoms with E-state index in [4.69, 9.17) is 4.74 Å². The number of likely N-dealkylation sites (N-methyl/N-ethyl adjacent to an activating group) is 1. The number of aryl methyl sites for hydroxylation is 1. The Balaban J connectivity index is 1.21. The third kappa shape index (κ3) is 5.14. The fourth-order valence-corrected chi connectivity index (χ4v) is 5.19. The molecule has 3 aliphatic heterocycles. The van der Waals surface area contributed by atoms with Gasteiger partial charge in [-0.15, -0.1) is 0 Å². The molecule has 0 saturated carbocycles. The summed E-state index contributed by atoms with van der Waals surface area (Å²) in [6.45, 7) is 6.20. The lowest BCUT2D eigenvalue weighted by Crippen LogP contribution is -2.45. The Morgan fingerprint density at radius 3 is 2.47 bits per heavy atom. The number of piperidine rings is 1. The Hall–Kier alpha value is -2.80. The minimum absolute atomic E-state index is 0.112. The topological polar surface area (TPSA) is 48.1 Å². The highest BCUT2D eigenvalue weighted by Crippen LogP contribution is 2.38. The molecule has 2 aromatic rings. The minimum Gasteiger partial charge on any atom is -0.478 e. The first-order valence-corrected chi connectivity index (χ1v) is 12.6. The van der Waals surface area contributed by atoms with Crippen molar-refractivity contribution in [3.8, 4) is 5.75 Å². The lowest BCUT2D eigenvalue weighted by Gasteiger charge is -2.37. The standard InChI is InChI=1S/C27H35FN4O2/c1-30-13-15-32(16-14-30)24-18-22(28)17-21-7-10-25(34-26(21)24)27(33)29-19-20-5-8-23(9-6-20)31-11-3-2-4-12-31/h5-6,8-9,17-18,25H,2-4,7,10-16,19H2,1H3,(H,29,33). The Labute approximate surface area is 201 Å². The van der Waals surface area contributed by atoms with Crippen molar-refractivity contribution in [1.82, 2.24) is 10.2 Å². The Bertz CT molecular complexity index is 998. The van der Waals surface area contributed by atoms with E-state index in [9.17, 15) is 9.18 Å². The third-order valence-electron chi connectivity index (χ3n) is 7.31. The number of amides is 1. The number of hydrogen-bond donors (Lipinski definition) is 1. The first kappa shape index (κ1) is 23.0. The van der Waals surface area contributed by atoms with Crippen LogP contribution in [0.5, 0.6) is 5.75 Å². The molecule has 0 aliphatic carbocycles. The molecule has 3 aliphatic rings. The number of carbonyl (C=O) groups is 1. The van der Waals surface area contributed by atoms with E-state index < -0.39 is 6.10 Å². The van der Waals surface area contributed by atoms with Gasteiger partial charge < -0.3 is 24.8 Å². The van der Waals surface area contributed by atoms with E-state index in [2.05, 4.69) is 51.3 Å². The van der Waals surface area contributed by atoms with E-state index in [1.54, 1.807) is 12.1 Å². The molecule has 5 rings (SSSR count). The van der Waals surface area contributed by atoms with Crippen LogP contribution in [0.25, 0.3) is 0 Å². The Kier molecular flexibility index (Phi) is 6.90. The lowest BCUT2D eigenvalue weighted by atomic mass is 9.99. The van der Waals surface area contributed by atoms with Crippen LogP contribution in [0.15, 0.2) is 36.4 Å². The van der Waals surface area contributed by atoms with Gasteiger partial charge in [0.1, 0.15) is 11.6 Å². The number of halogens is 1. The predicted octanol–water partition coefficient (Wildman–Crippen LogP) is 3.58. The van der Waals surface area contributed by atoms with E-state index >= 15 is 0 Å². The van der Waals surface area contributed by atoms with Gasteiger partial charge in [-0.2, -0.15) is 0 Å². The van der Waals surface area contributed by atoms with E-state index in [0.29, 0.717) is 25.1 Å². The molecule has 0 aromatic heterocycles. The molecule has 2 fully saturated rings. The quantitative estimate of drug-likeness (QED) is 0.730. The van der Waals surface area contributed by atoms with Gasteiger partial charge in [0.05, 0.1) is 5.69 Å². The summed E-state index contributed by atoms with van der Waals surface area (Å²) in [5.74, 6) is 0.315. The zero-order valence-corrected chi connectivity index (χ0v) is 20.1. The summed E-state index contributed by atoms with van der Waals surface area (Å²) in [6, 6.07) is 11.6. The maximum Gasteiger partial charge on any atom is 0.261 e. The van der Waals surface area contributed by atoms with Crippen molar-refractivity contribution in [2.24, 2.45) is 0 Å². The van der Waals surface area contributed by atoms with Gasteiger partial charge >= 0.3 is 0 Å². The van der Waals surface area contributed by atoms with Crippen molar-refractivity contribution in [3.63, 3.8) is 0 Å². The Morgan fingerprint density at radius 2 is 1.74 bits per heavy atom. The molecule has 1 atom stereocenters. The van der Waals surface area contributed by atoms with Gasteiger partial charge in [-0.1, -0.05) is 12.1 Å². The average molecular weight is 467 g/mol. The highest BCUT2D eigenvalue weighted by Gasteiger charge is 2.30. The molecule has 0 bridgehead atoms. The van der Waals surface area contributed by atoms with Crippen LogP contribution in [0.3, 0.4) is 0 Å². The number of rotatable bonds is 5.